The molecule has 0 aromatic rings. The number of ether oxygens (including phenoxy) is 1. The van der Waals surface area contributed by atoms with Crippen LogP contribution in [0.1, 0.15) is 99.8 Å². The van der Waals surface area contributed by atoms with E-state index in [1.54, 1.807) is 7.11 Å². The molecule has 0 heterocycles. The van der Waals surface area contributed by atoms with Gasteiger partial charge in [-0.2, -0.15) is 0 Å². The molecule has 208 valence electrons. The lowest BCUT2D eigenvalue weighted by molar-refractivity contribution is -0.222. The second kappa shape index (κ2) is 8.35. The van der Waals surface area contributed by atoms with Crippen LogP contribution in [0.4, 0.5) is 0 Å². The van der Waals surface area contributed by atoms with E-state index in [1.165, 1.54) is 0 Å². The molecule has 38 heavy (non-hydrogen) atoms. The van der Waals surface area contributed by atoms with Crippen molar-refractivity contribution in [3.05, 3.63) is 23.2 Å². The van der Waals surface area contributed by atoms with Crippen molar-refractivity contribution in [2.45, 2.75) is 99.8 Å². The molecule has 1 unspecified atom stereocenters. The molecule has 0 aromatic carbocycles. The lowest BCUT2D eigenvalue weighted by atomic mass is 9.31. The second-order valence-electron chi connectivity index (χ2n) is 15.7. The highest BCUT2D eigenvalue weighted by molar-refractivity contribution is 6.02. The van der Waals surface area contributed by atoms with Crippen LogP contribution in [0.25, 0.3) is 4.85 Å². The van der Waals surface area contributed by atoms with Crippen LogP contribution in [0.3, 0.4) is 0 Å². The van der Waals surface area contributed by atoms with E-state index in [1.807, 2.05) is 19.9 Å². The van der Waals surface area contributed by atoms with Gasteiger partial charge in [0.25, 0.3) is 0 Å². The topological polar surface area (TPSA) is 64.8 Å². The molecular weight excluding hydrogens is 474 g/mol. The third-order valence-corrected chi connectivity index (χ3v) is 13.3. The Hall–Kier alpha value is -1.80. The number of nitrogens with zero attached hydrogens (tertiary/aromatic N) is 1. The van der Waals surface area contributed by atoms with Crippen LogP contribution < -0.4 is 0 Å². The predicted octanol–water partition coefficient (Wildman–Crippen LogP) is 6.85. The zero-order valence-electron chi connectivity index (χ0n) is 24.8. The first-order chi connectivity index (χ1) is 17.5. The Kier molecular flexibility index (Phi) is 6.10. The number of carbonyl (C=O) groups excluding carboxylic acids is 3. The summed E-state index contributed by atoms with van der Waals surface area (Å²) in [6.07, 6.45) is 8.78. The Bertz CT molecular complexity index is 1160. The predicted molar refractivity (Wildman–Crippen MR) is 147 cm³/mol. The van der Waals surface area contributed by atoms with E-state index in [2.05, 4.69) is 39.5 Å². The van der Waals surface area contributed by atoms with Crippen molar-refractivity contribution in [3.8, 4) is 0 Å². The van der Waals surface area contributed by atoms with E-state index >= 15 is 0 Å². The minimum Gasteiger partial charge on any atom is -0.377 e. The van der Waals surface area contributed by atoms with Gasteiger partial charge in [-0.25, -0.2) is 4.85 Å². The zero-order valence-corrected chi connectivity index (χ0v) is 24.8. The SMILES string of the molecule is [C-]#[N+]C1=C[C@]2(C)[C@H]3CC(=O)C4[C@@H]5CC(C)(C)CC[C@]5(C(=O)COC)CC[C@@]4(C)[C@]3(C)CC[C@H]2C(C)(C)C1=O. The van der Waals surface area contributed by atoms with Crippen LogP contribution in [-0.2, 0) is 19.1 Å². The van der Waals surface area contributed by atoms with E-state index in [0.717, 1.165) is 44.9 Å². The van der Waals surface area contributed by atoms with Crippen molar-refractivity contribution in [2.75, 3.05) is 13.7 Å². The Morgan fingerprint density at radius 3 is 2.26 bits per heavy atom. The van der Waals surface area contributed by atoms with E-state index in [4.69, 9.17) is 11.3 Å². The molecule has 0 bridgehead atoms. The minimum absolute atomic E-state index is 0.0437. The number of fused-ring (bicyclic) bond motifs is 7. The number of ketones is 3. The fraction of sp³-hybridized carbons (Fsp3) is 0.818. The molecule has 5 nitrogen and oxygen atoms in total. The molecule has 0 saturated heterocycles. The lowest BCUT2D eigenvalue weighted by Gasteiger charge is -2.72. The van der Waals surface area contributed by atoms with E-state index in [0.29, 0.717) is 12.2 Å². The monoisotopic (exact) mass is 521 g/mol. The fourth-order valence-corrected chi connectivity index (χ4v) is 11.0. The summed E-state index contributed by atoms with van der Waals surface area (Å²) in [7, 11) is 1.60. The third-order valence-electron chi connectivity index (χ3n) is 13.3. The summed E-state index contributed by atoms with van der Waals surface area (Å²) in [6.45, 7) is 23.5. The van der Waals surface area contributed by atoms with Gasteiger partial charge < -0.3 is 9.53 Å². The number of rotatable bonds is 3. The highest BCUT2D eigenvalue weighted by Crippen LogP contribution is 2.75. The van der Waals surface area contributed by atoms with Gasteiger partial charge in [0.1, 0.15) is 12.4 Å². The first kappa shape index (κ1) is 27.8. The van der Waals surface area contributed by atoms with Gasteiger partial charge in [0, 0.05) is 30.3 Å². The standard InChI is InChI=1S/C33H47NO4/c1-28(2)12-14-33(25(36)19-38-9)15-13-32(7)26(20(33)17-28)22(35)16-24-30(5)18-21(34-8)27(37)29(3,4)23(30)10-11-31(24,32)6/h18,20,23-24,26H,10-17,19H2,1-7,9H3/t20-,23-,24+,26?,30-,31+,32+,33-/m0/s1. The maximum Gasteiger partial charge on any atom is 0.226 e. The van der Waals surface area contributed by atoms with Crippen LogP contribution in [-0.4, -0.2) is 31.1 Å². The summed E-state index contributed by atoms with van der Waals surface area (Å²) in [4.78, 5) is 45.2. The summed E-state index contributed by atoms with van der Waals surface area (Å²) < 4.78 is 5.37. The second-order valence-corrected chi connectivity index (χ2v) is 15.7. The van der Waals surface area contributed by atoms with Gasteiger partial charge >= 0.3 is 0 Å². The van der Waals surface area contributed by atoms with Crippen molar-refractivity contribution in [3.63, 3.8) is 0 Å². The Morgan fingerprint density at radius 1 is 0.974 bits per heavy atom. The summed E-state index contributed by atoms with van der Waals surface area (Å²) >= 11 is 0. The molecule has 0 radical (unpaired) electrons. The molecule has 5 aliphatic rings. The molecule has 4 saturated carbocycles. The average Bonchev–Trinajstić information content (AvgIpc) is 2.82. The third kappa shape index (κ3) is 3.34. The van der Waals surface area contributed by atoms with Crippen LogP contribution >= 0.6 is 0 Å². The van der Waals surface area contributed by atoms with Crippen LogP contribution in [0.5, 0.6) is 0 Å². The molecule has 0 aromatic heterocycles. The maximum absolute atomic E-state index is 14.5. The van der Waals surface area contributed by atoms with E-state index in [-0.39, 0.29) is 69.2 Å². The Labute approximate surface area is 229 Å². The Balaban J connectivity index is 1.63. The first-order valence-electron chi connectivity index (χ1n) is 14.7. The number of allylic oxidation sites excluding steroid dienone is 2. The fourth-order valence-electron chi connectivity index (χ4n) is 11.0. The van der Waals surface area contributed by atoms with Crippen molar-refractivity contribution in [2.24, 2.45) is 56.2 Å². The van der Waals surface area contributed by atoms with Gasteiger partial charge in [-0.1, -0.05) is 54.5 Å². The molecule has 8 atom stereocenters. The summed E-state index contributed by atoms with van der Waals surface area (Å²) in [6, 6.07) is 0. The minimum atomic E-state index is -0.618. The van der Waals surface area contributed by atoms with Gasteiger partial charge in [0.2, 0.25) is 5.70 Å². The van der Waals surface area contributed by atoms with Crippen LogP contribution in [0, 0.1) is 62.7 Å². The van der Waals surface area contributed by atoms with Gasteiger partial charge in [-0.05, 0) is 84.4 Å². The highest BCUT2D eigenvalue weighted by Gasteiger charge is 2.72. The number of hydrogen-bond acceptors (Lipinski definition) is 4. The highest BCUT2D eigenvalue weighted by atomic mass is 16.5. The largest absolute Gasteiger partial charge is 0.377 e. The molecule has 0 N–H and O–H groups in total. The van der Waals surface area contributed by atoms with Gasteiger partial charge in [-0.3, -0.25) is 9.59 Å². The number of hydrogen-bond donors (Lipinski definition) is 0. The molecule has 0 aliphatic heterocycles. The smallest absolute Gasteiger partial charge is 0.226 e. The molecule has 4 fully saturated rings. The molecule has 5 aliphatic carbocycles. The van der Waals surface area contributed by atoms with Gasteiger partial charge in [-0.15, -0.1) is 0 Å². The van der Waals surface area contributed by atoms with Crippen molar-refractivity contribution < 1.29 is 19.1 Å². The molecule has 5 heteroatoms. The zero-order chi connectivity index (χ0) is 28.1. The lowest BCUT2D eigenvalue weighted by Crippen LogP contribution is -2.69. The van der Waals surface area contributed by atoms with Crippen LogP contribution in [0.15, 0.2) is 11.8 Å². The number of carbonyl (C=O) groups is 3. The molecule has 0 amide bonds. The first-order valence-corrected chi connectivity index (χ1v) is 14.7. The number of Topliss-reactive ketones (excluding diaryl/α,β-unsaturated/α-hetero) is 3. The number of methoxy groups -OCH3 is 1. The average molecular weight is 522 g/mol. The van der Waals surface area contributed by atoms with Crippen molar-refractivity contribution in [1.29, 1.82) is 0 Å². The van der Waals surface area contributed by atoms with Crippen molar-refractivity contribution >= 4 is 17.3 Å². The molecule has 5 rings (SSSR count). The molecular formula is C33H47NO4. The molecule has 0 spiro atoms. The van der Waals surface area contributed by atoms with Gasteiger partial charge in [0.15, 0.2) is 11.6 Å². The summed E-state index contributed by atoms with van der Waals surface area (Å²) in [5.41, 5.74) is -1.47. The van der Waals surface area contributed by atoms with Gasteiger partial charge in [0.05, 0.1) is 6.57 Å². The van der Waals surface area contributed by atoms with Crippen LogP contribution in [0.2, 0.25) is 0 Å². The normalized spacial score (nSPS) is 47.0. The Morgan fingerprint density at radius 2 is 1.63 bits per heavy atom. The maximum atomic E-state index is 14.5. The van der Waals surface area contributed by atoms with E-state index in [9.17, 15) is 14.4 Å². The summed E-state index contributed by atoms with van der Waals surface area (Å²) in [5, 5.41) is 0. The van der Waals surface area contributed by atoms with E-state index < -0.39 is 10.8 Å². The quantitative estimate of drug-likeness (QED) is 0.381. The summed E-state index contributed by atoms with van der Waals surface area (Å²) in [5.74, 6) is 0.539. The van der Waals surface area contributed by atoms with Crippen molar-refractivity contribution in [1.82, 2.24) is 0 Å².